The van der Waals surface area contributed by atoms with Gasteiger partial charge in [-0.2, -0.15) is 26.3 Å². The number of halogens is 8. The maximum atomic E-state index is 13.2. The van der Waals surface area contributed by atoms with Gasteiger partial charge in [-0.3, -0.25) is 0 Å². The van der Waals surface area contributed by atoms with Crippen LogP contribution in [0.1, 0.15) is 5.56 Å². The van der Waals surface area contributed by atoms with E-state index in [1.807, 2.05) is 0 Å². The van der Waals surface area contributed by atoms with E-state index in [0.29, 0.717) is 3.57 Å². The Morgan fingerprint density at radius 1 is 0.846 bits per heavy atom. The average molecular weight is 514 g/mol. The van der Waals surface area contributed by atoms with E-state index in [1.54, 1.807) is 6.07 Å². The number of hydrogen-bond donors (Lipinski definition) is 0. The fraction of sp³-hybridized carbons (Fsp3) is 0.143. The Bertz CT molecular complexity index is 937. The highest BCUT2D eigenvalue weighted by molar-refractivity contribution is 7.86. The van der Waals surface area contributed by atoms with Gasteiger partial charge in [0.05, 0.1) is 5.56 Å². The minimum absolute atomic E-state index is 0.356. The lowest BCUT2D eigenvalue weighted by Gasteiger charge is -2.08. The Labute approximate surface area is 152 Å². The molecule has 0 fully saturated rings. The average Bonchev–Trinajstić information content (AvgIpc) is 2.82. The molecule has 0 spiro atoms. The summed E-state index contributed by atoms with van der Waals surface area (Å²) < 4.78 is 112. The monoisotopic (exact) mass is 514 g/mol. The molecule has 142 valence electrons. The van der Waals surface area contributed by atoms with Crippen molar-refractivity contribution in [3.8, 4) is 11.1 Å². The van der Waals surface area contributed by atoms with Gasteiger partial charge in [-0.15, -0.1) is 0 Å². The second kappa shape index (κ2) is 6.96. The molecule has 0 bridgehead atoms. The van der Waals surface area contributed by atoms with E-state index in [2.05, 4.69) is 0 Å². The van der Waals surface area contributed by atoms with E-state index in [0.717, 1.165) is 20.8 Å². The summed E-state index contributed by atoms with van der Waals surface area (Å²) in [6.45, 7) is 0. The second-order valence-corrected chi connectivity index (χ2v) is 9.05. The van der Waals surface area contributed by atoms with Crippen LogP contribution >= 0.6 is 0 Å². The smallest absolute Gasteiger partial charge is 0.485 e. The largest absolute Gasteiger partial charge is 0.741 e. The van der Waals surface area contributed by atoms with Gasteiger partial charge in [-0.1, -0.05) is 0 Å². The highest BCUT2D eigenvalue weighted by atomic mass is 127. The Morgan fingerprint density at radius 3 is 1.92 bits per heavy atom. The molecule has 2 aromatic rings. The molecule has 3 nitrogen and oxygen atoms in total. The third kappa shape index (κ3) is 4.65. The molecule has 1 aliphatic heterocycles. The third-order valence-electron chi connectivity index (χ3n) is 3.00. The van der Waals surface area contributed by atoms with Crippen LogP contribution in [-0.4, -0.2) is 18.5 Å². The lowest BCUT2D eigenvalue weighted by molar-refractivity contribution is -0.590. The number of hydrogen-bond acceptors (Lipinski definition) is 3. The Hall–Kier alpha value is -1.41. The number of fused-ring (bicyclic) bond motifs is 3. The Balaban J connectivity index is 0.000000260. The summed E-state index contributed by atoms with van der Waals surface area (Å²) in [6, 6.07) is 8.13. The summed E-state index contributed by atoms with van der Waals surface area (Å²) >= 11 is -0.642. The van der Waals surface area contributed by atoms with Crippen LogP contribution < -0.4 is 21.2 Å². The zero-order chi connectivity index (χ0) is 19.9. The molecule has 1 aliphatic rings. The maximum absolute atomic E-state index is 13.2. The molecule has 0 amide bonds. The highest BCUT2D eigenvalue weighted by Crippen LogP contribution is 2.32. The molecule has 1 heterocycles. The molecular formula is C14H6F7IO3S. The van der Waals surface area contributed by atoms with E-state index in [1.165, 1.54) is 24.3 Å². The molecule has 0 N–H and O–H groups in total. The van der Waals surface area contributed by atoms with Crippen molar-refractivity contribution < 1.29 is 64.9 Å². The van der Waals surface area contributed by atoms with E-state index < -0.39 is 48.6 Å². The number of rotatable bonds is 0. The van der Waals surface area contributed by atoms with Crippen molar-refractivity contribution in [3.63, 3.8) is 0 Å². The van der Waals surface area contributed by atoms with Crippen molar-refractivity contribution in [2.45, 2.75) is 11.7 Å². The molecule has 0 radical (unpaired) electrons. The van der Waals surface area contributed by atoms with E-state index in [-0.39, 0.29) is 5.82 Å². The Morgan fingerprint density at radius 2 is 1.42 bits per heavy atom. The summed E-state index contributed by atoms with van der Waals surface area (Å²) in [5, 5.41) is 0. The van der Waals surface area contributed by atoms with Crippen molar-refractivity contribution in [1.29, 1.82) is 0 Å². The fourth-order valence-electron chi connectivity index (χ4n) is 1.88. The van der Waals surface area contributed by atoms with Crippen molar-refractivity contribution in [3.05, 3.63) is 54.9 Å². The van der Waals surface area contributed by atoms with Gasteiger partial charge >= 0.3 is 32.9 Å². The minimum Gasteiger partial charge on any atom is -0.741 e. The first-order valence-electron chi connectivity index (χ1n) is 6.38. The quantitative estimate of drug-likeness (QED) is 0.195. The van der Waals surface area contributed by atoms with Gasteiger partial charge in [0.2, 0.25) is 7.14 Å². The summed E-state index contributed by atoms with van der Waals surface area (Å²) in [6.07, 6.45) is -4.32. The summed E-state index contributed by atoms with van der Waals surface area (Å²) in [7, 11) is -6.09. The maximum Gasteiger partial charge on any atom is 0.485 e. The van der Waals surface area contributed by atoms with E-state index in [9.17, 15) is 30.7 Å². The van der Waals surface area contributed by atoms with E-state index >= 15 is 0 Å². The van der Waals surface area contributed by atoms with Gasteiger partial charge in [-0.05, 0) is 30.3 Å². The predicted octanol–water partition coefficient (Wildman–Crippen LogP) is 1.00. The van der Waals surface area contributed by atoms with Crippen molar-refractivity contribution in [1.82, 2.24) is 0 Å². The number of benzene rings is 2. The molecular weight excluding hydrogens is 508 g/mol. The van der Waals surface area contributed by atoms with Crippen LogP contribution in [0, 0.1) is 13.0 Å². The van der Waals surface area contributed by atoms with Gasteiger partial charge in [0, 0.05) is 17.2 Å². The Kier molecular flexibility index (Phi) is 5.59. The van der Waals surface area contributed by atoms with E-state index in [4.69, 9.17) is 13.0 Å². The van der Waals surface area contributed by atoms with Gasteiger partial charge < -0.3 is 4.55 Å². The molecule has 3 rings (SSSR count). The zero-order valence-corrected chi connectivity index (χ0v) is 15.1. The molecule has 12 heteroatoms. The predicted molar refractivity (Wildman–Crippen MR) is 70.0 cm³/mol. The topological polar surface area (TPSA) is 57.2 Å². The van der Waals surface area contributed by atoms with Crippen LogP contribution in [0.2, 0.25) is 0 Å². The van der Waals surface area contributed by atoms with Crippen molar-refractivity contribution in [2.24, 2.45) is 0 Å². The van der Waals surface area contributed by atoms with Crippen LogP contribution in [0.5, 0.6) is 0 Å². The van der Waals surface area contributed by atoms with Gasteiger partial charge in [-0.25, -0.2) is 12.8 Å². The SMILES string of the molecule is Fc1ccc2c(c1)-c1ccc(C(F)(F)F)cc1[I+]2.O=S(=O)([O-])C(F)(F)F. The minimum atomic E-state index is -6.09. The normalized spacial score (nSPS) is 13.5. The summed E-state index contributed by atoms with van der Waals surface area (Å²) in [5.74, 6) is -0.356. The van der Waals surface area contributed by atoms with Crippen LogP contribution in [0.4, 0.5) is 30.7 Å². The third-order valence-corrected chi connectivity index (χ3v) is 6.56. The van der Waals surface area contributed by atoms with Crippen LogP contribution in [0.25, 0.3) is 11.1 Å². The lowest BCUT2D eigenvalue weighted by Crippen LogP contribution is -3.61. The molecule has 0 saturated carbocycles. The molecule has 26 heavy (non-hydrogen) atoms. The van der Waals surface area contributed by atoms with Crippen LogP contribution in [0.15, 0.2) is 36.4 Å². The fourth-order valence-corrected chi connectivity index (χ4v) is 4.86. The van der Waals surface area contributed by atoms with Crippen molar-refractivity contribution in [2.75, 3.05) is 0 Å². The first kappa shape index (κ1) is 20.9. The molecule has 2 aromatic carbocycles. The van der Waals surface area contributed by atoms with Gasteiger partial charge in [0.15, 0.2) is 10.1 Å². The second-order valence-electron chi connectivity index (χ2n) is 4.81. The molecule has 0 saturated heterocycles. The molecule has 0 unspecified atom stereocenters. The van der Waals surface area contributed by atoms with Gasteiger partial charge in [0.1, 0.15) is 5.82 Å². The highest BCUT2D eigenvalue weighted by Gasteiger charge is 2.38. The standard InChI is InChI=1S/C13H6F4I.CHF3O3S/c14-8-2-4-11-10(6-8)9-3-1-7(13(15,16)17)5-12(9)18-11;2-1(3,4)8(5,6)7/h1-6H;(H,5,6,7)/q+1;/p-1. The first-order valence-corrected chi connectivity index (χ1v) is 9.95. The van der Waals surface area contributed by atoms with Crippen LogP contribution in [-0.2, 0) is 16.3 Å². The first-order chi connectivity index (χ1) is 11.7. The number of alkyl halides is 6. The molecule has 0 aliphatic carbocycles. The van der Waals surface area contributed by atoms with Crippen molar-refractivity contribution >= 4 is 10.1 Å². The summed E-state index contributed by atoms with van der Waals surface area (Å²) in [4.78, 5) is 0. The molecule has 0 aromatic heterocycles. The van der Waals surface area contributed by atoms with Crippen LogP contribution in [0.3, 0.4) is 0 Å². The zero-order valence-electron chi connectivity index (χ0n) is 12.1. The summed E-state index contributed by atoms with van der Waals surface area (Å²) in [5.41, 5.74) is -4.79. The molecule has 0 atom stereocenters. The van der Waals surface area contributed by atoms with Gasteiger partial charge in [0.25, 0.3) is 0 Å². The lowest BCUT2D eigenvalue weighted by atomic mass is 10.0.